The number of rotatable bonds is 6. The summed E-state index contributed by atoms with van der Waals surface area (Å²) in [7, 11) is 0. The van der Waals surface area contributed by atoms with Gasteiger partial charge in [0.15, 0.2) is 10.8 Å². The van der Waals surface area contributed by atoms with Crippen molar-refractivity contribution in [1.29, 1.82) is 0 Å². The van der Waals surface area contributed by atoms with Crippen LogP contribution in [0.5, 0.6) is 0 Å². The van der Waals surface area contributed by atoms with Crippen LogP contribution in [0.4, 0.5) is 31.5 Å². The molecule has 2 aromatic heterocycles. The molecule has 39 heavy (non-hydrogen) atoms. The number of pyridine rings is 1. The zero-order valence-electron chi connectivity index (χ0n) is 22.1. The second-order valence-electron chi connectivity index (χ2n) is 8.92. The van der Waals surface area contributed by atoms with Crippen LogP contribution in [0.3, 0.4) is 0 Å². The van der Waals surface area contributed by atoms with Crippen LogP contribution < -0.4 is 5.32 Å². The first-order chi connectivity index (χ1) is 18.3. The second kappa shape index (κ2) is 11.8. The van der Waals surface area contributed by atoms with Gasteiger partial charge in [-0.25, -0.2) is 4.98 Å². The van der Waals surface area contributed by atoms with Gasteiger partial charge in [0.25, 0.3) is 0 Å². The Morgan fingerprint density at radius 1 is 0.769 bits per heavy atom. The molecule has 0 fully saturated rings. The Morgan fingerprint density at radius 2 is 1.41 bits per heavy atom. The lowest BCUT2D eigenvalue weighted by Crippen LogP contribution is -2.40. The minimum Gasteiger partial charge on any atom is -0.346 e. The van der Waals surface area contributed by atoms with Crippen molar-refractivity contribution in [2.75, 3.05) is 5.32 Å². The zero-order chi connectivity index (χ0) is 29.0. The molecule has 2 aromatic carbocycles. The van der Waals surface area contributed by atoms with Crippen molar-refractivity contribution in [3.8, 4) is 0 Å². The lowest BCUT2D eigenvalue weighted by molar-refractivity contribution is -0.141. The summed E-state index contributed by atoms with van der Waals surface area (Å²) in [6.07, 6.45) is -7.62. The van der Waals surface area contributed by atoms with Crippen LogP contribution in [-0.4, -0.2) is 9.97 Å². The Balaban J connectivity index is 0.00000205. The monoisotopic (exact) mass is 565 g/mol. The maximum atomic E-state index is 13.9. The summed E-state index contributed by atoms with van der Waals surface area (Å²) < 4.78 is 82.2. The van der Waals surface area contributed by atoms with Crippen LogP contribution in [0, 0.1) is 20.8 Å². The molecule has 3 nitrogen and oxygen atoms in total. The number of nitrogens with zero attached hydrogens (tertiary/aromatic N) is 2. The fraction of sp³-hybridized carbons (Fsp3) is 0.310. The maximum Gasteiger partial charge on any atom is 0.434 e. The van der Waals surface area contributed by atoms with Gasteiger partial charge in [-0.3, -0.25) is 4.98 Å². The van der Waals surface area contributed by atoms with Crippen molar-refractivity contribution in [3.05, 3.63) is 111 Å². The van der Waals surface area contributed by atoms with E-state index in [0.717, 1.165) is 34.6 Å². The van der Waals surface area contributed by atoms with Crippen molar-refractivity contribution in [3.63, 3.8) is 0 Å². The molecule has 0 radical (unpaired) electrons. The molecule has 4 rings (SSSR count). The third-order valence-electron chi connectivity index (χ3n) is 5.94. The van der Waals surface area contributed by atoms with Crippen LogP contribution in [0.25, 0.3) is 0 Å². The first-order valence-corrected chi connectivity index (χ1v) is 13.1. The highest BCUT2D eigenvalue weighted by atomic mass is 32.1. The Hall–Kier alpha value is -3.40. The SMILES string of the molecule is CC.Cc1ccc(C(Cc2ccccc2)(Nc2nc(C(F)(F)F)c(C)s2)c2cc(C)cc(C(F)(F)F)c2)nc1. The van der Waals surface area contributed by atoms with Crippen molar-refractivity contribution in [2.45, 2.75) is 58.9 Å². The number of alkyl halides is 6. The number of benzene rings is 2. The number of hydrogen-bond donors (Lipinski definition) is 1. The van der Waals surface area contributed by atoms with Gasteiger partial charge < -0.3 is 5.32 Å². The largest absolute Gasteiger partial charge is 0.434 e. The third-order valence-corrected chi connectivity index (χ3v) is 6.83. The van der Waals surface area contributed by atoms with Crippen LogP contribution >= 0.6 is 11.3 Å². The predicted octanol–water partition coefficient (Wildman–Crippen LogP) is 9.13. The molecule has 0 bridgehead atoms. The first kappa shape index (κ1) is 30.1. The molecule has 0 aliphatic heterocycles. The molecule has 0 saturated carbocycles. The summed E-state index contributed by atoms with van der Waals surface area (Å²) in [5, 5.41) is 3.04. The Bertz CT molecular complexity index is 1380. The second-order valence-corrected chi connectivity index (χ2v) is 10.1. The van der Waals surface area contributed by atoms with Crippen LogP contribution in [-0.2, 0) is 24.3 Å². The number of nitrogens with one attached hydrogen (secondary N) is 1. The highest BCUT2D eigenvalue weighted by molar-refractivity contribution is 7.15. The van der Waals surface area contributed by atoms with Gasteiger partial charge in [0.1, 0.15) is 5.54 Å². The molecule has 1 unspecified atom stereocenters. The van der Waals surface area contributed by atoms with Gasteiger partial charge >= 0.3 is 12.4 Å². The summed E-state index contributed by atoms with van der Waals surface area (Å²) in [5.74, 6) is 0. The number of aromatic nitrogens is 2. The van der Waals surface area contributed by atoms with E-state index >= 15 is 0 Å². The molecule has 0 aliphatic rings. The predicted molar refractivity (Wildman–Crippen MR) is 143 cm³/mol. The fourth-order valence-corrected chi connectivity index (χ4v) is 5.14. The van der Waals surface area contributed by atoms with Gasteiger partial charge in [0.05, 0.1) is 11.3 Å². The van der Waals surface area contributed by atoms with Crippen molar-refractivity contribution >= 4 is 16.5 Å². The molecule has 1 N–H and O–H groups in total. The van der Waals surface area contributed by atoms with E-state index in [0.29, 0.717) is 11.3 Å². The van der Waals surface area contributed by atoms with Crippen LogP contribution in [0.1, 0.15) is 57.9 Å². The van der Waals surface area contributed by atoms with Gasteiger partial charge in [0, 0.05) is 17.5 Å². The van der Waals surface area contributed by atoms with E-state index in [1.165, 1.54) is 6.92 Å². The van der Waals surface area contributed by atoms with E-state index in [9.17, 15) is 26.3 Å². The first-order valence-electron chi connectivity index (χ1n) is 12.3. The van der Waals surface area contributed by atoms with Crippen molar-refractivity contribution in [2.24, 2.45) is 0 Å². The number of thiazole rings is 1. The Kier molecular flexibility index (Phi) is 9.10. The molecule has 0 saturated heterocycles. The number of hydrogen-bond acceptors (Lipinski definition) is 4. The minimum absolute atomic E-state index is 0.0549. The topological polar surface area (TPSA) is 37.8 Å². The average molecular weight is 566 g/mol. The van der Waals surface area contributed by atoms with Crippen LogP contribution in [0.2, 0.25) is 0 Å². The molecule has 0 aliphatic carbocycles. The van der Waals surface area contributed by atoms with Crippen LogP contribution in [0.15, 0.2) is 66.9 Å². The normalized spacial score (nSPS) is 13.3. The van der Waals surface area contributed by atoms with Crippen molar-refractivity contribution in [1.82, 2.24) is 9.97 Å². The number of anilines is 1. The van der Waals surface area contributed by atoms with Gasteiger partial charge in [0.2, 0.25) is 0 Å². The van der Waals surface area contributed by atoms with Crippen molar-refractivity contribution < 1.29 is 26.3 Å². The molecule has 208 valence electrons. The fourth-order valence-electron chi connectivity index (χ4n) is 4.23. The van der Waals surface area contributed by atoms with Gasteiger partial charge in [-0.05, 0) is 55.7 Å². The molecule has 10 heteroatoms. The Morgan fingerprint density at radius 3 is 1.95 bits per heavy atom. The van der Waals surface area contributed by atoms with Gasteiger partial charge in [-0.15, -0.1) is 11.3 Å². The summed E-state index contributed by atoms with van der Waals surface area (Å²) >= 11 is 0.793. The average Bonchev–Trinajstić information content (AvgIpc) is 3.25. The Labute approximate surface area is 228 Å². The van der Waals surface area contributed by atoms with E-state index in [1.54, 1.807) is 61.7 Å². The standard InChI is InChI=1S/C27H23F6N3S.C2H6/c1-16-9-10-22(34-15-16)25(14-19-7-5-4-6-8-19,20-11-17(2)12-21(13-20)26(28,29)30)36-24-35-23(18(3)37-24)27(31,32)33;1-2/h4-13,15H,14H2,1-3H3,(H,35,36);1-2H3. The number of aryl methyl sites for hydroxylation is 3. The smallest absolute Gasteiger partial charge is 0.346 e. The van der Waals surface area contributed by atoms with E-state index < -0.39 is 29.1 Å². The molecule has 1 atom stereocenters. The summed E-state index contributed by atoms with van der Waals surface area (Å²) in [6.45, 7) is 8.67. The van der Waals surface area contributed by atoms with E-state index in [2.05, 4.69) is 15.3 Å². The van der Waals surface area contributed by atoms with Gasteiger partial charge in [-0.1, -0.05) is 61.9 Å². The highest BCUT2D eigenvalue weighted by Crippen LogP contribution is 2.42. The molecule has 2 heterocycles. The summed E-state index contributed by atoms with van der Waals surface area (Å²) in [6, 6.07) is 16.1. The van der Waals surface area contributed by atoms with E-state index in [-0.39, 0.29) is 22.0 Å². The lowest BCUT2D eigenvalue weighted by atomic mass is 9.79. The third kappa shape index (κ3) is 6.98. The van der Waals surface area contributed by atoms with E-state index in [1.807, 2.05) is 20.8 Å². The van der Waals surface area contributed by atoms with E-state index in [4.69, 9.17) is 0 Å². The lowest BCUT2D eigenvalue weighted by Gasteiger charge is -2.36. The maximum absolute atomic E-state index is 13.9. The molecule has 0 spiro atoms. The molecular formula is C29H29F6N3S. The molecular weight excluding hydrogens is 536 g/mol. The zero-order valence-corrected chi connectivity index (χ0v) is 22.9. The number of halogens is 6. The molecule has 4 aromatic rings. The minimum atomic E-state index is -4.67. The highest BCUT2D eigenvalue weighted by Gasteiger charge is 2.42. The summed E-state index contributed by atoms with van der Waals surface area (Å²) in [5.41, 5.74) is -0.885. The summed E-state index contributed by atoms with van der Waals surface area (Å²) in [4.78, 5) is 8.28. The van der Waals surface area contributed by atoms with Gasteiger partial charge in [-0.2, -0.15) is 26.3 Å². The molecule has 0 amide bonds. The quantitative estimate of drug-likeness (QED) is 0.237.